The molecule has 4 N–H and O–H groups in total. The zero-order valence-corrected chi connectivity index (χ0v) is 34.9. The summed E-state index contributed by atoms with van der Waals surface area (Å²) in [5, 5.41) is 24.2. The van der Waals surface area contributed by atoms with Gasteiger partial charge in [0.05, 0.1) is 24.0 Å². The van der Waals surface area contributed by atoms with Gasteiger partial charge in [-0.2, -0.15) is 0 Å². The van der Waals surface area contributed by atoms with Gasteiger partial charge in [0.25, 0.3) is 0 Å². The van der Waals surface area contributed by atoms with Gasteiger partial charge < -0.3 is 20.5 Å². The van der Waals surface area contributed by atoms with Crippen LogP contribution in [-0.4, -0.2) is 53.9 Å². The Kier molecular flexibility index (Phi) is 13.1. The number of rotatable bonds is 14. The zero-order valence-electron chi connectivity index (χ0n) is 34.9. The van der Waals surface area contributed by atoms with Crippen molar-refractivity contribution in [3.05, 3.63) is 41.0 Å². The lowest BCUT2D eigenvalue weighted by atomic mass is 9.47. The third kappa shape index (κ3) is 8.48. The minimum Gasteiger partial charge on any atom is -0.481 e. The molecule has 4 fully saturated rings. The van der Waals surface area contributed by atoms with Crippen molar-refractivity contribution in [2.24, 2.45) is 70.0 Å². The Labute approximate surface area is 334 Å². The topological polar surface area (TPSA) is 151 Å². The van der Waals surface area contributed by atoms with Crippen LogP contribution in [0.25, 0.3) is 0 Å². The molecule has 12 atom stereocenters. The van der Waals surface area contributed by atoms with E-state index in [1.54, 1.807) is 18.2 Å². The second-order valence-electron chi connectivity index (χ2n) is 19.4. The third-order valence-corrected chi connectivity index (χ3v) is 15.8. The van der Waals surface area contributed by atoms with Crippen molar-refractivity contribution in [3.63, 3.8) is 0 Å². The number of carboxylic acid groups (broad SMARTS) is 1. The van der Waals surface area contributed by atoms with Gasteiger partial charge in [0.15, 0.2) is 0 Å². The van der Waals surface area contributed by atoms with E-state index in [4.69, 9.17) is 9.99 Å². The number of aliphatic carboxylic acids is 1. The molecular formula is C46H68N2O8. The fourth-order valence-corrected chi connectivity index (χ4v) is 13.0. The first-order valence-corrected chi connectivity index (χ1v) is 21.6. The summed E-state index contributed by atoms with van der Waals surface area (Å²) < 4.78 is 6.21. The molecule has 5 aliphatic rings. The maximum absolute atomic E-state index is 13.7. The van der Waals surface area contributed by atoms with Crippen LogP contribution in [0.5, 0.6) is 0 Å². The van der Waals surface area contributed by atoms with Crippen molar-refractivity contribution < 1.29 is 39.2 Å². The summed E-state index contributed by atoms with van der Waals surface area (Å²) in [5.74, 6) is -0.779. The van der Waals surface area contributed by atoms with Crippen LogP contribution in [0.2, 0.25) is 0 Å². The Morgan fingerprint density at radius 1 is 0.964 bits per heavy atom. The molecule has 4 saturated carbocycles. The average molecular weight is 777 g/mol. The molecule has 10 heteroatoms. The molecule has 1 aromatic carbocycles. The maximum atomic E-state index is 13.7. The molecule has 2 amide bonds. The normalized spacial score (nSPS) is 35.4. The number of ether oxygens (including phenoxy) is 1. The van der Waals surface area contributed by atoms with E-state index in [0.717, 1.165) is 60.8 Å². The van der Waals surface area contributed by atoms with E-state index in [1.807, 2.05) is 6.92 Å². The maximum Gasteiger partial charge on any atom is 0.338 e. The highest BCUT2D eigenvalue weighted by Crippen LogP contribution is 2.67. The predicted molar refractivity (Wildman–Crippen MR) is 216 cm³/mol. The second kappa shape index (κ2) is 17.3. The number of carbonyl (C=O) groups is 4. The number of aryl methyl sites for hydroxylation is 1. The lowest BCUT2D eigenvalue weighted by Gasteiger charge is -2.58. The summed E-state index contributed by atoms with van der Waals surface area (Å²) in [6.07, 6.45) is 15.3. The number of benzene rings is 1. The highest BCUT2D eigenvalue weighted by Gasteiger charge is 2.59. The molecule has 5 aliphatic carbocycles. The Balaban J connectivity index is 1.10. The molecule has 56 heavy (non-hydrogen) atoms. The van der Waals surface area contributed by atoms with Crippen molar-refractivity contribution in [1.29, 1.82) is 0 Å². The molecular weight excluding hydrogens is 709 g/mol. The fraction of sp³-hybridized carbons (Fsp3) is 0.739. The smallest absolute Gasteiger partial charge is 0.338 e. The van der Waals surface area contributed by atoms with Crippen LogP contribution >= 0.6 is 0 Å². The van der Waals surface area contributed by atoms with E-state index < -0.39 is 47.4 Å². The van der Waals surface area contributed by atoms with E-state index in [-0.39, 0.29) is 31.0 Å². The quantitative estimate of drug-likeness (QED) is 0.0633. The minimum atomic E-state index is -1.10. The van der Waals surface area contributed by atoms with E-state index in [0.29, 0.717) is 22.6 Å². The molecule has 0 aromatic heterocycles. The molecule has 0 aliphatic heterocycles. The van der Waals surface area contributed by atoms with Gasteiger partial charge in [-0.15, -0.1) is 0 Å². The Bertz CT molecular complexity index is 1660. The third-order valence-electron chi connectivity index (χ3n) is 15.8. The van der Waals surface area contributed by atoms with Crippen LogP contribution in [0, 0.1) is 76.9 Å². The molecule has 0 bridgehead atoms. The number of carbonyl (C=O) groups excluding carboxylic acids is 3. The molecule has 0 spiro atoms. The lowest BCUT2D eigenvalue weighted by Crippen LogP contribution is -2.51. The summed E-state index contributed by atoms with van der Waals surface area (Å²) in [6.45, 7) is 14.0. The van der Waals surface area contributed by atoms with Gasteiger partial charge in [0, 0.05) is 25.6 Å². The van der Waals surface area contributed by atoms with Crippen LogP contribution in [0.15, 0.2) is 29.8 Å². The van der Waals surface area contributed by atoms with Gasteiger partial charge in [-0.3, -0.25) is 19.6 Å². The van der Waals surface area contributed by atoms with Crippen molar-refractivity contribution in [2.45, 2.75) is 131 Å². The summed E-state index contributed by atoms with van der Waals surface area (Å²) in [5.41, 5.74) is 3.57. The van der Waals surface area contributed by atoms with E-state index in [9.17, 15) is 24.3 Å². The molecule has 0 heterocycles. The summed E-state index contributed by atoms with van der Waals surface area (Å²) >= 11 is 0. The molecule has 0 saturated heterocycles. The van der Waals surface area contributed by atoms with Gasteiger partial charge in [-0.05, 0) is 140 Å². The highest BCUT2D eigenvalue weighted by molar-refractivity contribution is 5.98. The van der Waals surface area contributed by atoms with Crippen molar-refractivity contribution in [2.75, 3.05) is 19.0 Å². The van der Waals surface area contributed by atoms with Crippen molar-refractivity contribution >= 4 is 29.4 Å². The summed E-state index contributed by atoms with van der Waals surface area (Å²) in [6, 6.07) is 5.12. The Morgan fingerprint density at radius 3 is 2.43 bits per heavy atom. The first-order valence-electron chi connectivity index (χ1n) is 21.6. The fourth-order valence-electron chi connectivity index (χ4n) is 13.0. The van der Waals surface area contributed by atoms with Crippen LogP contribution in [0.4, 0.5) is 5.69 Å². The number of carboxylic acids is 1. The van der Waals surface area contributed by atoms with Gasteiger partial charge in [-0.1, -0.05) is 65.5 Å². The van der Waals surface area contributed by atoms with Crippen molar-refractivity contribution in [3.8, 4) is 0 Å². The van der Waals surface area contributed by atoms with Gasteiger partial charge >= 0.3 is 11.9 Å². The molecule has 6 rings (SSSR count). The van der Waals surface area contributed by atoms with Gasteiger partial charge in [0.1, 0.15) is 6.10 Å². The predicted octanol–water partition coefficient (Wildman–Crippen LogP) is 9.08. The summed E-state index contributed by atoms with van der Waals surface area (Å²) in [4.78, 5) is 56.4. The van der Waals surface area contributed by atoms with Crippen LogP contribution < -0.4 is 10.6 Å². The molecule has 1 aromatic rings. The van der Waals surface area contributed by atoms with Crippen LogP contribution in [-0.2, 0) is 24.0 Å². The van der Waals surface area contributed by atoms with Crippen LogP contribution in [0.1, 0.15) is 134 Å². The standard InChI is InChI=1S/C46H68N2O8/c1-26(2)9-8-10-28(4)37-13-14-38-34-12-11-31-23-33(15-17-45(31,5)39(34)16-18-46(37,38)6)56-44(53)29-19-27(3)20-32(21-29)48-42(51)36-22-30(25-55-54)35(24-40(49)50)41(36)43(52)47-7/h11,19-21,26,28,30,33-39,41,54H,8-10,12-18,22-25H2,1-7H3,(H,47,52)(H,48,51)(H,49,50). The lowest BCUT2D eigenvalue weighted by molar-refractivity contribution is -0.253. The molecule has 310 valence electrons. The van der Waals surface area contributed by atoms with Gasteiger partial charge in [-0.25, -0.2) is 9.68 Å². The molecule has 12 unspecified atom stereocenters. The van der Waals surface area contributed by atoms with Crippen LogP contribution in [0.3, 0.4) is 0 Å². The minimum absolute atomic E-state index is 0.146. The largest absolute Gasteiger partial charge is 0.481 e. The Morgan fingerprint density at radius 2 is 1.73 bits per heavy atom. The number of esters is 1. The SMILES string of the molecule is CNC(=O)C1C(C(=O)Nc2cc(C)cc(C(=O)OC3CCC4(C)C(=CCC5C4CCC4(C)C(C(C)CCCC(C)C)CCC54)C3)c2)CC(COO)C1CC(=O)O. The number of allylic oxidation sites excluding steroid dienone is 1. The van der Waals surface area contributed by atoms with Gasteiger partial charge in [0.2, 0.25) is 11.8 Å². The number of hydrogen-bond donors (Lipinski definition) is 4. The number of nitrogens with one attached hydrogen (secondary N) is 2. The number of fused-ring (bicyclic) bond motifs is 5. The zero-order chi connectivity index (χ0) is 40.5. The number of amides is 2. The molecule has 10 nitrogen and oxygen atoms in total. The second-order valence-corrected chi connectivity index (χ2v) is 19.4. The number of anilines is 1. The molecule has 0 radical (unpaired) electrons. The number of hydrogen-bond acceptors (Lipinski definition) is 7. The average Bonchev–Trinajstić information content (AvgIpc) is 3.68. The van der Waals surface area contributed by atoms with E-state index in [1.165, 1.54) is 57.6 Å². The first-order chi connectivity index (χ1) is 26.6. The first kappa shape index (κ1) is 42.4. The van der Waals surface area contributed by atoms with Crippen molar-refractivity contribution in [1.82, 2.24) is 5.32 Å². The highest BCUT2D eigenvalue weighted by atomic mass is 17.1. The van der Waals surface area contributed by atoms with E-state index in [2.05, 4.69) is 56.2 Å². The van der Waals surface area contributed by atoms with E-state index >= 15 is 0 Å². The monoisotopic (exact) mass is 776 g/mol. The Hall–Kier alpha value is -3.24. The summed E-state index contributed by atoms with van der Waals surface area (Å²) in [7, 11) is 1.45.